The van der Waals surface area contributed by atoms with Crippen molar-refractivity contribution < 1.29 is 9.47 Å². The molecule has 2 aromatic rings. The van der Waals surface area contributed by atoms with Gasteiger partial charge in [0, 0.05) is 38.4 Å². The quantitative estimate of drug-likeness (QED) is 0.315. The Hall–Kier alpha value is -1.35. The summed E-state index contributed by atoms with van der Waals surface area (Å²) in [5, 5.41) is 7.37. The number of nitrogens with zero attached hydrogens (tertiary/aromatic N) is 1. The molecule has 0 aliphatic carbocycles. The van der Waals surface area contributed by atoms with E-state index in [2.05, 4.69) is 39.9 Å². The van der Waals surface area contributed by atoms with Crippen LogP contribution in [0.1, 0.15) is 29.5 Å². The van der Waals surface area contributed by atoms with E-state index in [1.807, 2.05) is 24.3 Å². The molecule has 1 saturated heterocycles. The van der Waals surface area contributed by atoms with Crippen molar-refractivity contribution in [2.24, 2.45) is 4.99 Å². The molecule has 0 radical (unpaired) electrons. The molecule has 1 aliphatic heterocycles. The van der Waals surface area contributed by atoms with Gasteiger partial charge >= 0.3 is 0 Å². The highest BCUT2D eigenvalue weighted by Crippen LogP contribution is 2.15. The molecule has 3 rings (SSSR count). The van der Waals surface area contributed by atoms with Crippen LogP contribution >= 0.6 is 35.6 Å². The first-order valence-corrected chi connectivity index (χ1v) is 10.1. The Morgan fingerprint density at radius 2 is 1.69 bits per heavy atom. The molecule has 5 nitrogen and oxygen atoms in total. The van der Waals surface area contributed by atoms with Crippen molar-refractivity contribution in [1.82, 2.24) is 10.6 Å². The van der Waals surface area contributed by atoms with Gasteiger partial charge in [0.1, 0.15) is 0 Å². The van der Waals surface area contributed by atoms with Crippen LogP contribution in [-0.2, 0) is 29.2 Å². The van der Waals surface area contributed by atoms with Crippen LogP contribution in [0.25, 0.3) is 0 Å². The van der Waals surface area contributed by atoms with Crippen LogP contribution in [0.15, 0.2) is 53.5 Å². The van der Waals surface area contributed by atoms with Gasteiger partial charge in [-0.1, -0.05) is 54.1 Å². The van der Waals surface area contributed by atoms with E-state index in [4.69, 9.17) is 21.1 Å². The van der Waals surface area contributed by atoms with E-state index < -0.39 is 0 Å². The Bertz CT molecular complexity index is 765. The first-order chi connectivity index (χ1) is 13.7. The average Bonchev–Trinajstić information content (AvgIpc) is 2.75. The molecule has 0 saturated carbocycles. The van der Waals surface area contributed by atoms with E-state index in [0.717, 1.165) is 42.6 Å². The van der Waals surface area contributed by atoms with E-state index in [9.17, 15) is 0 Å². The van der Waals surface area contributed by atoms with Gasteiger partial charge in [-0.05, 0) is 35.6 Å². The minimum absolute atomic E-state index is 0. The Labute approximate surface area is 195 Å². The standard InChI is InChI=1S/C22H28ClN3O2.HI/c1-24-22(26-15-19-4-2-3-5-21(19)23)25-14-17-6-8-18(9-7-17)16-28-20-10-12-27-13-11-20;/h2-9,20H,10-16H2,1H3,(H2,24,25,26);1H. The molecule has 0 amide bonds. The summed E-state index contributed by atoms with van der Waals surface area (Å²) >= 11 is 6.20. The number of halogens is 2. The van der Waals surface area contributed by atoms with Gasteiger partial charge in [-0.3, -0.25) is 4.99 Å². The Balaban J connectivity index is 0.00000300. The van der Waals surface area contributed by atoms with Crippen LogP contribution in [-0.4, -0.2) is 32.3 Å². The fraction of sp³-hybridized carbons (Fsp3) is 0.409. The van der Waals surface area contributed by atoms with Crippen molar-refractivity contribution in [2.75, 3.05) is 20.3 Å². The highest BCUT2D eigenvalue weighted by molar-refractivity contribution is 14.0. The van der Waals surface area contributed by atoms with Gasteiger partial charge in [-0.2, -0.15) is 0 Å². The zero-order chi connectivity index (χ0) is 19.6. The van der Waals surface area contributed by atoms with E-state index in [-0.39, 0.29) is 24.0 Å². The van der Waals surface area contributed by atoms with Crippen molar-refractivity contribution in [1.29, 1.82) is 0 Å². The van der Waals surface area contributed by atoms with E-state index in [1.54, 1.807) is 7.05 Å². The van der Waals surface area contributed by atoms with Crippen LogP contribution in [0.3, 0.4) is 0 Å². The van der Waals surface area contributed by atoms with Crippen molar-refractivity contribution in [2.45, 2.75) is 38.6 Å². The van der Waals surface area contributed by atoms with Gasteiger partial charge in [-0.25, -0.2) is 0 Å². The molecule has 7 heteroatoms. The lowest BCUT2D eigenvalue weighted by molar-refractivity contribution is -0.0390. The molecule has 2 N–H and O–H groups in total. The second-order valence-electron chi connectivity index (χ2n) is 6.81. The minimum atomic E-state index is 0. The Morgan fingerprint density at radius 3 is 2.38 bits per heavy atom. The molecule has 158 valence electrons. The zero-order valence-electron chi connectivity index (χ0n) is 16.7. The summed E-state index contributed by atoms with van der Waals surface area (Å²) in [5.41, 5.74) is 3.42. The van der Waals surface area contributed by atoms with E-state index in [1.165, 1.54) is 11.1 Å². The Kier molecular flexibility index (Phi) is 10.8. The van der Waals surface area contributed by atoms with Crippen LogP contribution in [0.5, 0.6) is 0 Å². The topological polar surface area (TPSA) is 54.9 Å². The molecule has 29 heavy (non-hydrogen) atoms. The van der Waals surface area contributed by atoms with Crippen LogP contribution in [0.2, 0.25) is 5.02 Å². The van der Waals surface area contributed by atoms with Crippen molar-refractivity contribution in [3.05, 3.63) is 70.2 Å². The second kappa shape index (κ2) is 13.1. The minimum Gasteiger partial charge on any atom is -0.381 e. The van der Waals surface area contributed by atoms with Crippen LogP contribution in [0, 0.1) is 0 Å². The molecular weight excluding hydrogens is 501 g/mol. The summed E-state index contributed by atoms with van der Waals surface area (Å²) in [5.74, 6) is 0.742. The zero-order valence-corrected chi connectivity index (χ0v) is 19.8. The normalized spacial score (nSPS) is 14.9. The average molecular weight is 530 g/mol. The summed E-state index contributed by atoms with van der Waals surface area (Å²) in [4.78, 5) is 4.27. The number of guanidine groups is 1. The monoisotopic (exact) mass is 529 g/mol. The lowest BCUT2D eigenvalue weighted by Gasteiger charge is -2.22. The number of hydrogen-bond acceptors (Lipinski definition) is 3. The maximum Gasteiger partial charge on any atom is 0.191 e. The highest BCUT2D eigenvalue weighted by Gasteiger charge is 2.13. The molecular formula is C22H29ClIN3O2. The third-order valence-electron chi connectivity index (χ3n) is 4.76. The number of hydrogen-bond donors (Lipinski definition) is 2. The van der Waals surface area contributed by atoms with Crippen molar-refractivity contribution in [3.63, 3.8) is 0 Å². The van der Waals surface area contributed by atoms with Gasteiger partial charge in [0.25, 0.3) is 0 Å². The summed E-state index contributed by atoms with van der Waals surface area (Å²) in [6.45, 7) is 3.59. The summed E-state index contributed by atoms with van der Waals surface area (Å²) in [7, 11) is 1.76. The predicted molar refractivity (Wildman–Crippen MR) is 129 cm³/mol. The van der Waals surface area contributed by atoms with Crippen molar-refractivity contribution >= 4 is 41.5 Å². The van der Waals surface area contributed by atoms with Crippen LogP contribution in [0.4, 0.5) is 0 Å². The van der Waals surface area contributed by atoms with Gasteiger partial charge in [0.05, 0.1) is 12.7 Å². The van der Waals surface area contributed by atoms with Crippen molar-refractivity contribution in [3.8, 4) is 0 Å². The number of aliphatic imine (C=N–C) groups is 1. The maximum absolute atomic E-state index is 6.20. The lowest BCUT2D eigenvalue weighted by Crippen LogP contribution is -2.36. The summed E-state index contributed by atoms with van der Waals surface area (Å²) < 4.78 is 11.3. The maximum atomic E-state index is 6.20. The molecule has 0 atom stereocenters. The van der Waals surface area contributed by atoms with Crippen LogP contribution < -0.4 is 10.6 Å². The molecule has 1 heterocycles. The second-order valence-corrected chi connectivity index (χ2v) is 7.22. The number of rotatable bonds is 7. The number of nitrogens with one attached hydrogen (secondary N) is 2. The SMILES string of the molecule is CN=C(NCc1ccc(COC2CCOCC2)cc1)NCc1ccccc1Cl.I. The highest BCUT2D eigenvalue weighted by atomic mass is 127. The van der Waals surface area contributed by atoms with E-state index in [0.29, 0.717) is 25.8 Å². The third kappa shape index (κ3) is 8.12. The van der Waals surface area contributed by atoms with Gasteiger partial charge in [0.2, 0.25) is 0 Å². The lowest BCUT2D eigenvalue weighted by atomic mass is 10.1. The summed E-state index contributed by atoms with van der Waals surface area (Å²) in [6, 6.07) is 16.3. The Morgan fingerprint density at radius 1 is 1.03 bits per heavy atom. The van der Waals surface area contributed by atoms with Gasteiger partial charge in [-0.15, -0.1) is 24.0 Å². The first-order valence-electron chi connectivity index (χ1n) is 9.69. The molecule has 0 bridgehead atoms. The largest absolute Gasteiger partial charge is 0.381 e. The fourth-order valence-electron chi connectivity index (χ4n) is 3.04. The smallest absolute Gasteiger partial charge is 0.191 e. The molecule has 1 aliphatic rings. The number of ether oxygens (including phenoxy) is 2. The third-order valence-corrected chi connectivity index (χ3v) is 5.13. The molecule has 0 spiro atoms. The molecule has 0 unspecified atom stereocenters. The van der Waals surface area contributed by atoms with Gasteiger partial charge in [0.15, 0.2) is 5.96 Å². The summed E-state index contributed by atoms with van der Waals surface area (Å²) in [6.07, 6.45) is 2.30. The van der Waals surface area contributed by atoms with Gasteiger partial charge < -0.3 is 20.1 Å². The molecule has 2 aromatic carbocycles. The van der Waals surface area contributed by atoms with E-state index >= 15 is 0 Å². The fourth-order valence-corrected chi connectivity index (χ4v) is 3.24. The number of benzene rings is 2. The first kappa shape index (κ1) is 23.9. The molecule has 0 aromatic heterocycles. The predicted octanol–water partition coefficient (Wildman–Crippen LogP) is 4.52. The molecule has 1 fully saturated rings.